The number of piperidine rings is 2. The van der Waals surface area contributed by atoms with E-state index >= 15 is 0 Å². The second-order valence-corrected chi connectivity index (χ2v) is 8.33. The van der Waals surface area contributed by atoms with Crippen LogP contribution in [0.4, 0.5) is 11.4 Å². The van der Waals surface area contributed by atoms with Crippen molar-refractivity contribution < 1.29 is 37.0 Å². The van der Waals surface area contributed by atoms with E-state index in [1.54, 1.807) is 0 Å². The summed E-state index contributed by atoms with van der Waals surface area (Å²) >= 11 is 0. The Morgan fingerprint density at radius 3 is 1.87 bits per heavy atom. The van der Waals surface area contributed by atoms with Crippen LogP contribution in [0, 0.1) is 0 Å². The number of nitrogens with two attached hydrogens (primary N) is 2. The Kier molecular flexibility index (Phi) is 4.12. The van der Waals surface area contributed by atoms with Crippen LogP contribution in [-0.2, 0) is 22.6 Å². The zero-order valence-corrected chi connectivity index (χ0v) is 19.7. The summed E-state index contributed by atoms with van der Waals surface area (Å²) in [7, 11) is 0. The lowest BCUT2D eigenvalue weighted by Crippen LogP contribution is -2.49. The van der Waals surface area contributed by atoms with Crippen molar-refractivity contribution in [3.05, 3.63) is 83.1 Å². The van der Waals surface area contributed by atoms with Crippen LogP contribution in [0.1, 0.15) is 82.7 Å². The molecule has 0 aromatic heterocycles. The first-order valence-electron chi connectivity index (χ1n) is 17.6. The summed E-state index contributed by atoms with van der Waals surface area (Å²) in [5.41, 5.74) is 9.46. The third-order valence-corrected chi connectivity index (χ3v) is 5.69. The molecule has 0 spiro atoms. The van der Waals surface area contributed by atoms with Gasteiger partial charge < -0.3 is 31.9 Å². The molecule has 6 rings (SSSR count). The maximum atomic E-state index is 12.9. The van der Waals surface area contributed by atoms with Gasteiger partial charge in [0.1, 0.15) is 12.0 Å². The summed E-state index contributed by atoms with van der Waals surface area (Å²) in [5, 5.41) is 4.42. The van der Waals surface area contributed by atoms with Gasteiger partial charge in [-0.15, -0.1) is 0 Å². The van der Waals surface area contributed by atoms with Gasteiger partial charge in [-0.05, 0) is 49.8 Å². The highest BCUT2D eigenvalue weighted by atomic mass is 16.2. The van der Waals surface area contributed by atoms with Crippen molar-refractivity contribution in [1.82, 2.24) is 20.4 Å². The van der Waals surface area contributed by atoms with Crippen LogP contribution in [0.5, 0.6) is 0 Å². The molecule has 6 N–H and O–H groups in total. The number of fused-ring (bicyclic) bond motifs is 2. The maximum Gasteiger partial charge on any atom is 0.255 e. The minimum absolute atomic E-state index is 0. The predicted octanol–water partition coefficient (Wildman–Crippen LogP) is 2.67. The number of rotatable bonds is 2. The Labute approximate surface area is 246 Å². The predicted molar refractivity (Wildman–Crippen MR) is 149 cm³/mol. The molecule has 0 saturated carbocycles. The first-order valence-corrected chi connectivity index (χ1v) is 11.1. The normalized spacial score (nSPS) is 35.6. The van der Waals surface area contributed by atoms with Gasteiger partial charge in [0.2, 0.25) is 11.8 Å². The number of carbonyl (C=O) groups excluding carboxylic acids is 4. The molecule has 4 heterocycles. The number of nitrogens with zero attached hydrogens (tertiary/aromatic N) is 2. The standard InChI is InChI=1S/2C14H15N3O2.CH4/c2*1-8-5-6-12(13(18)16-8)17-7-10-9(14(17)19)3-2-4-11(10)15;/h2*2-4,12H,1,5-7,15H2,(H,16,18);1H4/i2D,3D,4D,6D2,7D2,12D;6D2,7D2,12D;. The molecule has 2 unspecified atom stereocenters. The average molecular weight is 544 g/mol. The molecule has 0 aliphatic carbocycles. The number of benzene rings is 2. The molecule has 2 atom stereocenters. The third-order valence-electron chi connectivity index (χ3n) is 5.69. The fourth-order valence-corrected chi connectivity index (χ4v) is 3.87. The van der Waals surface area contributed by atoms with Crippen molar-refractivity contribution in [2.45, 2.75) is 58.0 Å². The van der Waals surface area contributed by atoms with Crippen LogP contribution >= 0.6 is 0 Å². The lowest BCUT2D eigenvalue weighted by molar-refractivity contribution is -0.127. The van der Waals surface area contributed by atoms with Crippen LogP contribution < -0.4 is 22.1 Å². The fraction of sp³-hybridized carbons (Fsp3) is 0.310. The molecular weight excluding hydrogens is 496 g/mol. The zero-order valence-electron chi connectivity index (χ0n) is 32.7. The van der Waals surface area contributed by atoms with Gasteiger partial charge in [0.15, 0.2) is 0 Å². The molecule has 2 saturated heterocycles. The summed E-state index contributed by atoms with van der Waals surface area (Å²) in [5.74, 6) is -4.71. The molecule has 2 aromatic rings. The van der Waals surface area contributed by atoms with Crippen molar-refractivity contribution >= 4 is 35.0 Å². The minimum Gasteiger partial charge on any atom is -0.398 e. The van der Waals surface area contributed by atoms with Crippen molar-refractivity contribution in [3.63, 3.8) is 0 Å². The topological polar surface area (TPSA) is 151 Å². The van der Waals surface area contributed by atoms with E-state index < -0.39 is 109 Å². The summed E-state index contributed by atoms with van der Waals surface area (Å²) < 4.78 is 106. The van der Waals surface area contributed by atoms with E-state index in [-0.39, 0.29) is 40.5 Å². The van der Waals surface area contributed by atoms with Gasteiger partial charge in [0.25, 0.3) is 11.8 Å². The molecule has 10 nitrogen and oxygen atoms in total. The Hall–Kier alpha value is -4.60. The minimum atomic E-state index is -3.03. The van der Waals surface area contributed by atoms with Crippen LogP contribution in [0.15, 0.2) is 60.9 Å². The first kappa shape index (κ1) is 15.1. The molecule has 4 amide bonds. The lowest BCUT2D eigenvalue weighted by Gasteiger charge is -2.30. The van der Waals surface area contributed by atoms with Gasteiger partial charge in [-0.3, -0.25) is 19.2 Å². The number of nitrogens with one attached hydrogen (secondary N) is 2. The van der Waals surface area contributed by atoms with Crippen molar-refractivity contribution in [2.24, 2.45) is 0 Å². The molecule has 4 aliphatic heterocycles. The smallest absolute Gasteiger partial charge is 0.255 e. The van der Waals surface area contributed by atoms with E-state index in [1.165, 1.54) is 18.2 Å². The van der Waals surface area contributed by atoms with Gasteiger partial charge >= 0.3 is 0 Å². The number of anilines is 2. The van der Waals surface area contributed by atoms with Crippen LogP contribution in [0.2, 0.25) is 0 Å². The number of amides is 4. The van der Waals surface area contributed by atoms with E-state index in [2.05, 4.69) is 23.8 Å². The molecule has 204 valence electrons. The third kappa shape index (κ3) is 4.97. The fourth-order valence-electron chi connectivity index (χ4n) is 3.87. The van der Waals surface area contributed by atoms with Crippen molar-refractivity contribution in [1.29, 1.82) is 0 Å². The van der Waals surface area contributed by atoms with Crippen molar-refractivity contribution in [3.8, 4) is 0 Å². The number of hydrogen-bond donors (Lipinski definition) is 4. The van der Waals surface area contributed by atoms with Crippen molar-refractivity contribution in [2.75, 3.05) is 11.5 Å². The number of hydrogen-bond acceptors (Lipinski definition) is 6. The molecule has 4 aliphatic rings. The SMILES string of the molecule is C.[2H]C1([2H])c2c(N)cccc2C(=O)N1C1([2H])C(=O)NC(=C)CC1([2H])[2H].[2H]c1c([2H])c(N)c2c(c1[2H])C(=O)N(C1([2H])C(=O)NC(=C)CC1([2H])[2H])C2([2H])[2H]. The Bertz CT molecular complexity index is 2010. The Morgan fingerprint density at radius 1 is 0.846 bits per heavy atom. The van der Waals surface area contributed by atoms with Crippen LogP contribution in [0.25, 0.3) is 0 Å². The second kappa shape index (κ2) is 10.6. The summed E-state index contributed by atoms with van der Waals surface area (Å²) in [6, 6.07) is -3.78. The van der Waals surface area contributed by atoms with E-state index in [0.29, 0.717) is 4.90 Å². The van der Waals surface area contributed by atoms with Gasteiger partial charge in [0, 0.05) is 63.5 Å². The molecule has 10 heteroatoms. The molecule has 0 bridgehead atoms. The van der Waals surface area contributed by atoms with Crippen LogP contribution in [-0.4, -0.2) is 45.5 Å². The quantitative estimate of drug-likeness (QED) is 0.428. The molecule has 39 heavy (non-hydrogen) atoms. The van der Waals surface area contributed by atoms with Crippen LogP contribution in [0.3, 0.4) is 0 Å². The number of nitrogen functional groups attached to an aromatic ring is 2. The number of allylic oxidation sites excluding steroid dienone is 2. The van der Waals surface area contributed by atoms with Gasteiger partial charge in [-0.1, -0.05) is 32.7 Å². The van der Waals surface area contributed by atoms with E-state index in [9.17, 15) is 19.2 Å². The first-order chi connectivity index (χ1) is 23.1. The highest BCUT2D eigenvalue weighted by Crippen LogP contribution is 2.32. The van der Waals surface area contributed by atoms with Gasteiger partial charge in [-0.2, -0.15) is 0 Å². The van der Waals surface area contributed by atoms with E-state index in [1.807, 2.05) is 0 Å². The summed E-state index contributed by atoms with van der Waals surface area (Å²) in [6.45, 7) is 1.37. The monoisotopic (exact) mass is 543 g/mol. The number of carbonyl (C=O) groups is 4. The zero-order chi connectivity index (χ0) is 38.8. The lowest BCUT2D eigenvalue weighted by atomic mass is 10.0. The Morgan fingerprint density at radius 2 is 1.36 bits per heavy atom. The molecule has 2 aromatic carbocycles. The molecule has 0 radical (unpaired) electrons. The van der Waals surface area contributed by atoms with Gasteiger partial charge in [0.05, 0.1) is 12.3 Å². The second-order valence-electron chi connectivity index (χ2n) is 8.33. The molecular formula is C29H34N6O4. The maximum absolute atomic E-state index is 12.9. The highest BCUT2D eigenvalue weighted by molar-refractivity contribution is 6.03. The highest BCUT2D eigenvalue weighted by Gasteiger charge is 2.39. The molecule has 2 fully saturated rings. The largest absolute Gasteiger partial charge is 0.398 e. The average Bonchev–Trinajstić information content (AvgIpc) is 3.33. The van der Waals surface area contributed by atoms with E-state index in [0.717, 1.165) is 0 Å². The van der Waals surface area contributed by atoms with Gasteiger partial charge in [-0.25, -0.2) is 0 Å². The van der Waals surface area contributed by atoms with E-state index in [4.69, 9.17) is 29.3 Å². The summed E-state index contributed by atoms with van der Waals surface area (Å²) in [4.78, 5) is 51.0. The summed E-state index contributed by atoms with van der Waals surface area (Å²) in [6.07, 6.45) is -6.18. The Balaban J connectivity index is 0.000000230.